The lowest BCUT2D eigenvalue weighted by atomic mass is 10.1. The number of hydrogen-bond donors (Lipinski definition) is 2. The van der Waals surface area contributed by atoms with Gasteiger partial charge < -0.3 is 10.3 Å². The second-order valence-corrected chi connectivity index (χ2v) is 5.12. The van der Waals surface area contributed by atoms with Gasteiger partial charge in [-0.15, -0.1) is 0 Å². The zero-order chi connectivity index (χ0) is 12.3. The molecule has 0 saturated heterocycles. The van der Waals surface area contributed by atoms with E-state index in [1.54, 1.807) is 0 Å². The molecule has 1 amide bonds. The van der Waals surface area contributed by atoms with E-state index >= 15 is 0 Å². The van der Waals surface area contributed by atoms with Crippen molar-refractivity contribution in [1.82, 2.24) is 10.3 Å². The van der Waals surface area contributed by atoms with Gasteiger partial charge in [-0.25, -0.2) is 0 Å². The van der Waals surface area contributed by atoms with E-state index in [1.807, 2.05) is 0 Å². The van der Waals surface area contributed by atoms with Crippen LogP contribution in [0.2, 0.25) is 0 Å². The Morgan fingerprint density at radius 1 is 1.41 bits per heavy atom. The molecule has 3 nitrogen and oxygen atoms in total. The van der Waals surface area contributed by atoms with E-state index in [1.165, 1.54) is 29.8 Å². The van der Waals surface area contributed by atoms with Gasteiger partial charge in [0, 0.05) is 23.9 Å². The van der Waals surface area contributed by atoms with Crippen LogP contribution >= 0.6 is 0 Å². The van der Waals surface area contributed by atoms with Gasteiger partial charge in [0.2, 0.25) is 5.91 Å². The maximum absolute atomic E-state index is 11.8. The fourth-order valence-electron chi connectivity index (χ4n) is 2.69. The van der Waals surface area contributed by atoms with Crippen LogP contribution in [0.1, 0.15) is 42.6 Å². The average molecular weight is 234 g/mol. The van der Waals surface area contributed by atoms with Crippen LogP contribution in [0.3, 0.4) is 0 Å². The van der Waals surface area contributed by atoms with E-state index < -0.39 is 0 Å². The molecule has 0 spiro atoms. The quantitative estimate of drug-likeness (QED) is 0.826. The maximum Gasteiger partial charge on any atom is 0.223 e. The monoisotopic (exact) mass is 234 g/mol. The molecule has 0 unspecified atom stereocenters. The smallest absolute Gasteiger partial charge is 0.223 e. The third kappa shape index (κ3) is 3.11. The maximum atomic E-state index is 11.8. The van der Waals surface area contributed by atoms with Crippen LogP contribution < -0.4 is 5.32 Å². The number of rotatable bonds is 4. The van der Waals surface area contributed by atoms with Crippen molar-refractivity contribution in [3.8, 4) is 0 Å². The Morgan fingerprint density at radius 2 is 2.12 bits per heavy atom. The average Bonchev–Trinajstić information content (AvgIpc) is 2.89. The highest BCUT2D eigenvalue weighted by Crippen LogP contribution is 2.24. The van der Waals surface area contributed by atoms with Crippen molar-refractivity contribution in [3.05, 3.63) is 23.0 Å². The Kier molecular flexibility index (Phi) is 3.87. The Morgan fingerprint density at radius 3 is 2.71 bits per heavy atom. The Hall–Kier alpha value is -1.25. The standard InChI is InChI=1S/C14H22N2O/c1-10-9-13(11(2)16-10)7-8-15-14(17)12-5-3-4-6-12/h9,12,16H,3-8H2,1-2H3,(H,15,17). The van der Waals surface area contributed by atoms with Crippen LogP contribution in [-0.4, -0.2) is 17.4 Å². The Bertz CT molecular complexity index is 389. The van der Waals surface area contributed by atoms with Crippen LogP contribution in [0.15, 0.2) is 6.07 Å². The minimum Gasteiger partial charge on any atom is -0.362 e. The van der Waals surface area contributed by atoms with E-state index in [0.29, 0.717) is 0 Å². The van der Waals surface area contributed by atoms with Crippen molar-refractivity contribution in [3.63, 3.8) is 0 Å². The zero-order valence-corrected chi connectivity index (χ0v) is 10.8. The molecule has 0 aromatic carbocycles. The molecule has 0 bridgehead atoms. The highest BCUT2D eigenvalue weighted by molar-refractivity contribution is 5.78. The summed E-state index contributed by atoms with van der Waals surface area (Å²) < 4.78 is 0. The van der Waals surface area contributed by atoms with Gasteiger partial charge in [0.05, 0.1) is 0 Å². The van der Waals surface area contributed by atoms with Crippen LogP contribution in [-0.2, 0) is 11.2 Å². The van der Waals surface area contributed by atoms with Gasteiger partial charge in [-0.1, -0.05) is 12.8 Å². The van der Waals surface area contributed by atoms with Crippen molar-refractivity contribution < 1.29 is 4.79 Å². The van der Waals surface area contributed by atoms with Gasteiger partial charge in [0.1, 0.15) is 0 Å². The van der Waals surface area contributed by atoms with Crippen molar-refractivity contribution in [2.45, 2.75) is 46.0 Å². The summed E-state index contributed by atoms with van der Waals surface area (Å²) in [5.74, 6) is 0.538. The molecule has 1 aromatic heterocycles. The van der Waals surface area contributed by atoms with Crippen molar-refractivity contribution in [2.24, 2.45) is 5.92 Å². The molecule has 1 heterocycles. The molecule has 1 aliphatic carbocycles. The molecule has 1 aromatic rings. The molecular weight excluding hydrogens is 212 g/mol. The Labute approximate surface area is 103 Å². The third-order valence-electron chi connectivity index (χ3n) is 3.68. The number of aromatic amines is 1. The number of H-pyrrole nitrogens is 1. The third-order valence-corrected chi connectivity index (χ3v) is 3.68. The minimum atomic E-state index is 0.257. The number of hydrogen-bond acceptors (Lipinski definition) is 1. The van der Waals surface area contributed by atoms with Gasteiger partial charge in [-0.05, 0) is 44.7 Å². The van der Waals surface area contributed by atoms with Crippen LogP contribution in [0.25, 0.3) is 0 Å². The highest BCUT2D eigenvalue weighted by Gasteiger charge is 2.21. The van der Waals surface area contributed by atoms with E-state index in [9.17, 15) is 4.79 Å². The molecule has 94 valence electrons. The van der Waals surface area contributed by atoms with E-state index in [0.717, 1.165) is 25.8 Å². The molecule has 0 radical (unpaired) electrons. The summed E-state index contributed by atoms with van der Waals surface area (Å²) in [6.45, 7) is 4.90. The van der Waals surface area contributed by atoms with E-state index in [4.69, 9.17) is 0 Å². The van der Waals surface area contributed by atoms with E-state index in [2.05, 4.69) is 30.2 Å². The lowest BCUT2D eigenvalue weighted by Crippen LogP contribution is -2.30. The largest absolute Gasteiger partial charge is 0.362 e. The van der Waals surface area contributed by atoms with E-state index in [-0.39, 0.29) is 11.8 Å². The first kappa shape index (κ1) is 12.2. The molecule has 17 heavy (non-hydrogen) atoms. The summed E-state index contributed by atoms with van der Waals surface area (Å²) in [5, 5.41) is 3.06. The summed E-state index contributed by atoms with van der Waals surface area (Å²) in [5.41, 5.74) is 3.73. The summed E-state index contributed by atoms with van der Waals surface area (Å²) in [6, 6.07) is 2.16. The molecule has 1 fully saturated rings. The molecule has 0 aliphatic heterocycles. The van der Waals surface area contributed by atoms with Gasteiger partial charge in [0.25, 0.3) is 0 Å². The number of amides is 1. The van der Waals surface area contributed by atoms with Gasteiger partial charge in [0.15, 0.2) is 0 Å². The number of nitrogens with one attached hydrogen (secondary N) is 2. The lowest BCUT2D eigenvalue weighted by molar-refractivity contribution is -0.124. The second kappa shape index (κ2) is 5.39. The second-order valence-electron chi connectivity index (χ2n) is 5.12. The zero-order valence-electron chi connectivity index (χ0n) is 10.8. The topological polar surface area (TPSA) is 44.9 Å². The van der Waals surface area contributed by atoms with Crippen LogP contribution in [0.4, 0.5) is 0 Å². The fraction of sp³-hybridized carbons (Fsp3) is 0.643. The first-order chi connectivity index (χ1) is 8.16. The van der Waals surface area contributed by atoms with Gasteiger partial charge >= 0.3 is 0 Å². The molecule has 2 rings (SSSR count). The minimum absolute atomic E-state index is 0.257. The molecule has 0 atom stereocenters. The van der Waals surface area contributed by atoms with Crippen molar-refractivity contribution in [2.75, 3.05) is 6.54 Å². The lowest BCUT2D eigenvalue weighted by Gasteiger charge is -2.09. The molecule has 2 N–H and O–H groups in total. The van der Waals surface area contributed by atoms with Crippen LogP contribution in [0.5, 0.6) is 0 Å². The molecular formula is C14H22N2O. The summed E-state index contributed by atoms with van der Waals surface area (Å²) in [7, 11) is 0. The summed E-state index contributed by atoms with van der Waals surface area (Å²) >= 11 is 0. The summed E-state index contributed by atoms with van der Waals surface area (Å²) in [6.07, 6.45) is 5.51. The predicted molar refractivity (Wildman–Crippen MR) is 68.9 cm³/mol. The normalized spacial score (nSPS) is 16.4. The number of aromatic nitrogens is 1. The van der Waals surface area contributed by atoms with Gasteiger partial charge in [-0.3, -0.25) is 4.79 Å². The number of aryl methyl sites for hydroxylation is 2. The highest BCUT2D eigenvalue weighted by atomic mass is 16.1. The molecule has 1 saturated carbocycles. The SMILES string of the molecule is Cc1cc(CCNC(=O)C2CCCC2)c(C)[nH]1. The number of carbonyl (C=O) groups is 1. The number of carbonyl (C=O) groups excluding carboxylic acids is 1. The first-order valence-electron chi connectivity index (χ1n) is 6.59. The van der Waals surface area contributed by atoms with Crippen LogP contribution in [0, 0.1) is 19.8 Å². The fourth-order valence-corrected chi connectivity index (χ4v) is 2.69. The van der Waals surface area contributed by atoms with Crippen molar-refractivity contribution in [1.29, 1.82) is 0 Å². The Balaban J connectivity index is 1.75. The summed E-state index contributed by atoms with van der Waals surface area (Å²) in [4.78, 5) is 15.1. The van der Waals surface area contributed by atoms with Gasteiger partial charge in [-0.2, -0.15) is 0 Å². The molecule has 1 aliphatic rings. The predicted octanol–water partition coefficient (Wildman–Crippen LogP) is 2.48. The molecule has 3 heteroatoms. The van der Waals surface area contributed by atoms with Crippen molar-refractivity contribution >= 4 is 5.91 Å². The first-order valence-corrected chi connectivity index (χ1v) is 6.59.